The molecule has 0 aliphatic rings. The van der Waals surface area contributed by atoms with Gasteiger partial charge in [0.15, 0.2) is 9.84 Å². The van der Waals surface area contributed by atoms with Crippen LogP contribution in [0.15, 0.2) is 76.3 Å². The van der Waals surface area contributed by atoms with Gasteiger partial charge in [-0.15, -0.1) is 11.3 Å². The molecule has 28 heavy (non-hydrogen) atoms. The number of hydrogen-bond donors (Lipinski definition) is 2. The number of carbonyl (C=O) groups is 1. The Bertz CT molecular complexity index is 1000. The summed E-state index contributed by atoms with van der Waals surface area (Å²) < 4.78 is 31.7. The Kier molecular flexibility index (Phi) is 6.33. The molecule has 0 saturated heterocycles. The van der Waals surface area contributed by atoms with Gasteiger partial charge in [-0.1, -0.05) is 36.4 Å². The van der Waals surface area contributed by atoms with E-state index in [0.717, 1.165) is 11.3 Å². The molecule has 2 amide bonds. The van der Waals surface area contributed by atoms with Gasteiger partial charge in [0.25, 0.3) is 0 Å². The van der Waals surface area contributed by atoms with E-state index >= 15 is 0 Å². The Balaban J connectivity index is 1.81. The van der Waals surface area contributed by atoms with Crippen LogP contribution < -0.4 is 15.4 Å². The highest BCUT2D eigenvalue weighted by Crippen LogP contribution is 2.32. The standard InChI is InChI=1S/C20H20N2O4S2/c1-26-17-11-9-15(10-12-17)18(28(24,25)19-8-5-13-27-19)14-21-20(23)22-16-6-3-2-4-7-16/h2-13,18H,14H2,1H3,(H2,21,22,23)/t18-/m0/s1. The number of ether oxygens (including phenoxy) is 1. The first-order valence-corrected chi connectivity index (χ1v) is 10.9. The molecule has 0 radical (unpaired) electrons. The summed E-state index contributed by atoms with van der Waals surface area (Å²) in [4.78, 5) is 12.2. The molecule has 0 aliphatic heterocycles. The molecule has 0 fully saturated rings. The minimum absolute atomic E-state index is 0.0643. The van der Waals surface area contributed by atoms with Crippen molar-refractivity contribution in [3.63, 3.8) is 0 Å². The molecular weight excluding hydrogens is 396 g/mol. The molecule has 0 aliphatic carbocycles. The van der Waals surface area contributed by atoms with Crippen molar-refractivity contribution in [2.24, 2.45) is 0 Å². The van der Waals surface area contributed by atoms with Crippen LogP contribution in [-0.2, 0) is 9.84 Å². The van der Waals surface area contributed by atoms with Gasteiger partial charge in [0.2, 0.25) is 0 Å². The number of rotatable bonds is 7. The Morgan fingerprint density at radius 2 is 1.75 bits per heavy atom. The maximum Gasteiger partial charge on any atom is 0.319 e. The number of anilines is 1. The zero-order chi connectivity index (χ0) is 20.0. The Morgan fingerprint density at radius 1 is 1.04 bits per heavy atom. The number of carbonyl (C=O) groups excluding carboxylic acids is 1. The highest BCUT2D eigenvalue weighted by molar-refractivity contribution is 7.93. The number of para-hydroxylation sites is 1. The molecule has 0 saturated carbocycles. The van der Waals surface area contributed by atoms with E-state index in [4.69, 9.17) is 4.74 Å². The molecule has 1 aromatic heterocycles. The smallest absolute Gasteiger partial charge is 0.319 e. The minimum Gasteiger partial charge on any atom is -0.497 e. The van der Waals surface area contributed by atoms with Gasteiger partial charge in [-0.2, -0.15) is 0 Å². The van der Waals surface area contributed by atoms with Crippen molar-refractivity contribution in [2.75, 3.05) is 19.0 Å². The van der Waals surface area contributed by atoms with E-state index in [1.807, 2.05) is 6.07 Å². The third-order valence-electron chi connectivity index (χ3n) is 4.12. The average molecular weight is 417 g/mol. The van der Waals surface area contributed by atoms with Gasteiger partial charge >= 0.3 is 6.03 Å². The number of methoxy groups -OCH3 is 1. The van der Waals surface area contributed by atoms with E-state index in [2.05, 4.69) is 10.6 Å². The maximum absolute atomic E-state index is 13.1. The molecule has 2 N–H and O–H groups in total. The lowest BCUT2D eigenvalue weighted by atomic mass is 10.1. The molecule has 1 atom stereocenters. The van der Waals surface area contributed by atoms with Crippen LogP contribution in [0.2, 0.25) is 0 Å². The van der Waals surface area contributed by atoms with E-state index < -0.39 is 21.1 Å². The van der Waals surface area contributed by atoms with Crippen LogP contribution in [-0.4, -0.2) is 28.1 Å². The van der Waals surface area contributed by atoms with Crippen molar-refractivity contribution in [2.45, 2.75) is 9.46 Å². The molecule has 6 nitrogen and oxygen atoms in total. The Hall–Kier alpha value is -2.84. The molecule has 8 heteroatoms. The van der Waals surface area contributed by atoms with Crippen molar-refractivity contribution in [3.05, 3.63) is 77.7 Å². The summed E-state index contributed by atoms with van der Waals surface area (Å²) in [5, 5.41) is 6.16. The van der Waals surface area contributed by atoms with Gasteiger partial charge < -0.3 is 15.4 Å². The summed E-state index contributed by atoms with van der Waals surface area (Å²) in [6.07, 6.45) is 0. The maximum atomic E-state index is 13.1. The third kappa shape index (κ3) is 4.71. The lowest BCUT2D eigenvalue weighted by Crippen LogP contribution is -2.34. The summed E-state index contributed by atoms with van der Waals surface area (Å²) in [6.45, 7) is -0.0643. The first-order chi connectivity index (χ1) is 13.5. The molecule has 2 aromatic carbocycles. The van der Waals surface area contributed by atoms with E-state index in [9.17, 15) is 13.2 Å². The number of hydrogen-bond acceptors (Lipinski definition) is 5. The van der Waals surface area contributed by atoms with Gasteiger partial charge in [-0.05, 0) is 41.3 Å². The van der Waals surface area contributed by atoms with Crippen LogP contribution in [0, 0.1) is 0 Å². The third-order valence-corrected chi connectivity index (χ3v) is 7.65. The lowest BCUT2D eigenvalue weighted by Gasteiger charge is -2.18. The fourth-order valence-electron chi connectivity index (χ4n) is 2.67. The zero-order valence-corrected chi connectivity index (χ0v) is 16.8. The lowest BCUT2D eigenvalue weighted by molar-refractivity contribution is 0.252. The van der Waals surface area contributed by atoms with Gasteiger partial charge in [-0.3, -0.25) is 0 Å². The first-order valence-electron chi connectivity index (χ1n) is 8.52. The van der Waals surface area contributed by atoms with E-state index in [-0.39, 0.29) is 10.8 Å². The molecule has 0 unspecified atom stereocenters. The molecule has 3 rings (SSSR count). The van der Waals surface area contributed by atoms with E-state index in [0.29, 0.717) is 17.0 Å². The minimum atomic E-state index is -3.66. The Labute approximate surface area is 168 Å². The predicted octanol–water partition coefficient (Wildman–Crippen LogP) is 4.09. The van der Waals surface area contributed by atoms with Crippen molar-refractivity contribution >= 4 is 32.9 Å². The summed E-state index contributed by atoms with van der Waals surface area (Å²) >= 11 is 1.16. The van der Waals surface area contributed by atoms with Crippen LogP contribution in [0.5, 0.6) is 5.75 Å². The second kappa shape index (κ2) is 8.90. The zero-order valence-electron chi connectivity index (χ0n) is 15.2. The summed E-state index contributed by atoms with van der Waals surface area (Å²) in [6, 6.07) is 18.6. The van der Waals surface area contributed by atoms with Crippen LogP contribution in [0.4, 0.5) is 10.5 Å². The second-order valence-corrected chi connectivity index (χ2v) is 9.24. The van der Waals surface area contributed by atoms with Gasteiger partial charge in [0, 0.05) is 12.2 Å². The first kappa shape index (κ1) is 19.9. The number of nitrogens with one attached hydrogen (secondary N) is 2. The van der Waals surface area contributed by atoms with Crippen molar-refractivity contribution < 1.29 is 17.9 Å². The molecule has 0 spiro atoms. The SMILES string of the molecule is COc1ccc([C@H](CNC(=O)Nc2ccccc2)S(=O)(=O)c2cccs2)cc1. The van der Waals surface area contributed by atoms with Crippen LogP contribution >= 0.6 is 11.3 Å². The van der Waals surface area contributed by atoms with Crippen molar-refractivity contribution in [1.29, 1.82) is 0 Å². The van der Waals surface area contributed by atoms with Crippen LogP contribution in [0.1, 0.15) is 10.8 Å². The quantitative estimate of drug-likeness (QED) is 0.607. The normalized spacial score (nSPS) is 12.2. The van der Waals surface area contributed by atoms with E-state index in [1.54, 1.807) is 73.2 Å². The molecule has 0 bridgehead atoms. The fourth-order valence-corrected chi connectivity index (χ4v) is 5.54. The predicted molar refractivity (Wildman–Crippen MR) is 111 cm³/mol. The molecule has 3 aromatic rings. The number of benzene rings is 2. The number of sulfone groups is 1. The summed E-state index contributed by atoms with van der Waals surface area (Å²) in [5.41, 5.74) is 1.20. The Morgan fingerprint density at radius 3 is 2.36 bits per heavy atom. The van der Waals surface area contributed by atoms with Crippen LogP contribution in [0.3, 0.4) is 0 Å². The second-order valence-electron chi connectivity index (χ2n) is 5.94. The van der Waals surface area contributed by atoms with Gasteiger partial charge in [0.1, 0.15) is 15.2 Å². The van der Waals surface area contributed by atoms with Gasteiger partial charge in [-0.25, -0.2) is 13.2 Å². The topological polar surface area (TPSA) is 84.5 Å². The summed E-state index contributed by atoms with van der Waals surface area (Å²) in [7, 11) is -2.12. The summed E-state index contributed by atoms with van der Waals surface area (Å²) in [5.74, 6) is 0.630. The number of urea groups is 1. The van der Waals surface area contributed by atoms with Crippen LogP contribution in [0.25, 0.3) is 0 Å². The fraction of sp³-hybridized carbons (Fsp3) is 0.150. The number of amides is 2. The van der Waals surface area contributed by atoms with E-state index in [1.165, 1.54) is 0 Å². The highest BCUT2D eigenvalue weighted by atomic mass is 32.2. The number of thiophene rings is 1. The average Bonchev–Trinajstić information content (AvgIpc) is 3.25. The van der Waals surface area contributed by atoms with Gasteiger partial charge in [0.05, 0.1) is 7.11 Å². The van der Waals surface area contributed by atoms with Crippen molar-refractivity contribution in [1.82, 2.24) is 5.32 Å². The molecule has 146 valence electrons. The monoisotopic (exact) mass is 416 g/mol. The molecular formula is C20H20N2O4S2. The largest absolute Gasteiger partial charge is 0.497 e. The molecule has 1 heterocycles. The van der Waals surface area contributed by atoms with Crippen molar-refractivity contribution in [3.8, 4) is 5.75 Å². The highest BCUT2D eigenvalue weighted by Gasteiger charge is 2.30.